The quantitative estimate of drug-likeness (QED) is 0.170. The monoisotopic (exact) mass is 489 g/mol. The zero-order valence-electron chi connectivity index (χ0n) is 22.0. The molecule has 1 amide bonds. The van der Waals surface area contributed by atoms with E-state index in [1.54, 1.807) is 6.20 Å². The number of para-hydroxylation sites is 1. The van der Waals surface area contributed by atoms with E-state index in [4.69, 9.17) is 4.74 Å². The molecule has 194 valence electrons. The van der Waals surface area contributed by atoms with Crippen LogP contribution in [0.25, 0.3) is 0 Å². The molecule has 0 unspecified atom stereocenters. The Kier molecular flexibility index (Phi) is 12.7. The first-order valence-corrected chi connectivity index (χ1v) is 13.8. The highest BCUT2D eigenvalue weighted by Crippen LogP contribution is 2.23. The van der Waals surface area contributed by atoms with Crippen molar-refractivity contribution in [2.24, 2.45) is 0 Å². The van der Waals surface area contributed by atoms with E-state index in [2.05, 4.69) is 22.5 Å². The fraction of sp³-hybridized carbons (Fsp3) is 0.484. The lowest BCUT2D eigenvalue weighted by Gasteiger charge is -2.23. The minimum atomic E-state index is 0.248. The van der Waals surface area contributed by atoms with E-state index < -0.39 is 0 Å². The maximum Gasteiger partial charge on any atom is 0.222 e. The zero-order chi connectivity index (χ0) is 25.3. The van der Waals surface area contributed by atoms with Gasteiger partial charge in [0.1, 0.15) is 11.5 Å². The molecule has 3 aromatic rings. The van der Waals surface area contributed by atoms with E-state index in [-0.39, 0.29) is 5.91 Å². The van der Waals surface area contributed by atoms with Crippen molar-refractivity contribution in [3.05, 3.63) is 78.9 Å². The summed E-state index contributed by atoms with van der Waals surface area (Å²) in [6.07, 6.45) is 18.5. The summed E-state index contributed by atoms with van der Waals surface area (Å²) in [5, 5.41) is 0. The molecule has 0 bridgehead atoms. The first-order valence-electron chi connectivity index (χ1n) is 13.8. The number of unbranched alkanes of at least 4 members (excludes halogenated alkanes) is 8. The van der Waals surface area contributed by atoms with Gasteiger partial charge in [0.15, 0.2) is 0 Å². The van der Waals surface area contributed by atoms with E-state index in [1.807, 2.05) is 66.0 Å². The van der Waals surface area contributed by atoms with Gasteiger partial charge in [-0.1, -0.05) is 88.6 Å². The zero-order valence-corrected chi connectivity index (χ0v) is 22.0. The summed E-state index contributed by atoms with van der Waals surface area (Å²) in [4.78, 5) is 19.3. The summed E-state index contributed by atoms with van der Waals surface area (Å²) in [6, 6.07) is 17.9. The summed E-state index contributed by atoms with van der Waals surface area (Å²) < 4.78 is 8.08. The maximum atomic E-state index is 13.2. The molecular formula is C31H43N3O2. The Morgan fingerprint density at radius 1 is 0.861 bits per heavy atom. The number of rotatable bonds is 18. The van der Waals surface area contributed by atoms with Gasteiger partial charge in [-0.05, 0) is 42.7 Å². The van der Waals surface area contributed by atoms with Gasteiger partial charge >= 0.3 is 0 Å². The van der Waals surface area contributed by atoms with Gasteiger partial charge in [-0.15, -0.1) is 0 Å². The molecular weight excluding hydrogens is 446 g/mol. The second-order valence-electron chi connectivity index (χ2n) is 9.61. The molecule has 0 aliphatic heterocycles. The third kappa shape index (κ3) is 10.7. The number of carbonyl (C=O) groups excluding carboxylic acids is 1. The Balaban J connectivity index is 1.49. The molecule has 0 N–H and O–H groups in total. The average molecular weight is 490 g/mol. The number of aromatic nitrogens is 2. The number of hydrogen-bond acceptors (Lipinski definition) is 3. The summed E-state index contributed by atoms with van der Waals surface area (Å²) in [5.74, 6) is 1.86. The summed E-state index contributed by atoms with van der Waals surface area (Å²) in [6.45, 7) is 4.45. The van der Waals surface area contributed by atoms with Crippen molar-refractivity contribution in [2.45, 2.75) is 90.6 Å². The van der Waals surface area contributed by atoms with Crippen molar-refractivity contribution in [2.75, 3.05) is 6.54 Å². The molecule has 0 radical (unpaired) electrons. The van der Waals surface area contributed by atoms with Gasteiger partial charge in [0.05, 0.1) is 6.33 Å². The molecule has 0 saturated heterocycles. The molecule has 3 rings (SSSR count). The first kappa shape index (κ1) is 27.5. The Bertz CT molecular complexity index is 973. The Morgan fingerprint density at radius 3 is 2.31 bits per heavy atom. The highest BCUT2D eigenvalue weighted by molar-refractivity contribution is 5.76. The number of benzene rings is 2. The number of carbonyl (C=O) groups is 1. The van der Waals surface area contributed by atoms with E-state index in [0.29, 0.717) is 13.0 Å². The fourth-order valence-electron chi connectivity index (χ4n) is 4.45. The van der Waals surface area contributed by atoms with Crippen LogP contribution in [0.15, 0.2) is 73.3 Å². The minimum Gasteiger partial charge on any atom is -0.457 e. The lowest BCUT2D eigenvalue weighted by Crippen LogP contribution is -2.31. The second-order valence-corrected chi connectivity index (χ2v) is 9.61. The van der Waals surface area contributed by atoms with Gasteiger partial charge in [0.2, 0.25) is 5.91 Å². The fourth-order valence-corrected chi connectivity index (χ4v) is 4.45. The largest absolute Gasteiger partial charge is 0.457 e. The number of nitrogens with zero attached hydrogens (tertiary/aromatic N) is 3. The molecule has 0 spiro atoms. The van der Waals surface area contributed by atoms with Gasteiger partial charge < -0.3 is 14.2 Å². The van der Waals surface area contributed by atoms with Crippen LogP contribution in [-0.2, 0) is 17.9 Å². The van der Waals surface area contributed by atoms with Crippen LogP contribution in [0.2, 0.25) is 0 Å². The average Bonchev–Trinajstić information content (AvgIpc) is 3.41. The Morgan fingerprint density at radius 2 is 1.58 bits per heavy atom. The first-order chi connectivity index (χ1) is 17.7. The van der Waals surface area contributed by atoms with Gasteiger partial charge in [-0.3, -0.25) is 4.79 Å². The number of aryl methyl sites for hydroxylation is 1. The van der Waals surface area contributed by atoms with E-state index in [9.17, 15) is 4.79 Å². The normalized spacial score (nSPS) is 10.9. The van der Waals surface area contributed by atoms with Crippen molar-refractivity contribution in [1.29, 1.82) is 0 Å². The minimum absolute atomic E-state index is 0.248. The van der Waals surface area contributed by atoms with Crippen molar-refractivity contribution >= 4 is 5.91 Å². The van der Waals surface area contributed by atoms with Crippen LogP contribution < -0.4 is 4.74 Å². The Hall–Kier alpha value is -3.08. The highest BCUT2D eigenvalue weighted by atomic mass is 16.5. The van der Waals surface area contributed by atoms with E-state index in [1.165, 1.54) is 44.9 Å². The molecule has 1 heterocycles. The lowest BCUT2D eigenvalue weighted by molar-refractivity contribution is -0.132. The van der Waals surface area contributed by atoms with Crippen LogP contribution in [0.1, 0.15) is 83.1 Å². The molecule has 1 aromatic heterocycles. The van der Waals surface area contributed by atoms with Gasteiger partial charge in [-0.2, -0.15) is 0 Å². The molecule has 2 aromatic carbocycles. The molecule has 0 fully saturated rings. The molecule has 36 heavy (non-hydrogen) atoms. The highest BCUT2D eigenvalue weighted by Gasteiger charge is 2.14. The van der Waals surface area contributed by atoms with Crippen LogP contribution in [0.3, 0.4) is 0 Å². The summed E-state index contributed by atoms with van der Waals surface area (Å²) in [5.41, 5.74) is 1.09. The number of amides is 1. The van der Waals surface area contributed by atoms with Gasteiger partial charge in [0.25, 0.3) is 0 Å². The molecule has 0 aliphatic carbocycles. The van der Waals surface area contributed by atoms with Crippen LogP contribution >= 0.6 is 0 Å². The van der Waals surface area contributed by atoms with Gasteiger partial charge in [0, 0.05) is 38.4 Å². The predicted octanol–water partition coefficient (Wildman–Crippen LogP) is 8.02. The van der Waals surface area contributed by atoms with Crippen LogP contribution in [-0.4, -0.2) is 26.9 Å². The SMILES string of the molecule is CCCCCCCCCCCC(=O)N(CCCn1ccnc1)Cc1cccc(Oc2ccccc2)c1. The predicted molar refractivity (Wildman–Crippen MR) is 147 cm³/mol. The second kappa shape index (κ2) is 16.6. The topological polar surface area (TPSA) is 47.4 Å². The van der Waals surface area contributed by atoms with E-state index >= 15 is 0 Å². The molecule has 5 heteroatoms. The Labute approximate surface area is 217 Å². The number of ether oxygens (including phenoxy) is 1. The third-order valence-electron chi connectivity index (χ3n) is 6.50. The molecule has 0 saturated carbocycles. The molecule has 5 nitrogen and oxygen atoms in total. The van der Waals surface area contributed by atoms with Crippen LogP contribution in [0, 0.1) is 0 Å². The van der Waals surface area contributed by atoms with Crippen molar-refractivity contribution < 1.29 is 9.53 Å². The number of imidazole rings is 1. The number of hydrogen-bond donors (Lipinski definition) is 0. The molecule has 0 aliphatic rings. The maximum absolute atomic E-state index is 13.2. The summed E-state index contributed by atoms with van der Waals surface area (Å²) >= 11 is 0. The van der Waals surface area contributed by atoms with Crippen LogP contribution in [0.5, 0.6) is 11.5 Å². The smallest absolute Gasteiger partial charge is 0.222 e. The lowest BCUT2D eigenvalue weighted by atomic mass is 10.1. The van der Waals surface area contributed by atoms with Gasteiger partial charge in [-0.25, -0.2) is 4.98 Å². The van der Waals surface area contributed by atoms with Crippen LogP contribution in [0.4, 0.5) is 0 Å². The van der Waals surface area contributed by atoms with Crippen molar-refractivity contribution in [3.63, 3.8) is 0 Å². The molecule has 0 atom stereocenters. The van der Waals surface area contributed by atoms with Crippen molar-refractivity contribution in [1.82, 2.24) is 14.5 Å². The van der Waals surface area contributed by atoms with Crippen molar-refractivity contribution in [3.8, 4) is 11.5 Å². The standard InChI is InChI=1S/C31H43N3O2/c1-2-3-4-5-6-7-8-9-13-20-31(35)34(23-15-22-33-24-21-32-27-33)26-28-16-14-19-30(25-28)36-29-17-11-10-12-18-29/h10-12,14,16-19,21,24-25,27H,2-9,13,15,20,22-23,26H2,1H3. The van der Waals surface area contributed by atoms with E-state index in [0.717, 1.165) is 49.4 Å². The summed E-state index contributed by atoms with van der Waals surface area (Å²) in [7, 11) is 0. The third-order valence-corrected chi connectivity index (χ3v) is 6.50.